The molecule has 1 aliphatic heterocycles. The summed E-state index contributed by atoms with van der Waals surface area (Å²) in [6.45, 7) is 5.32. The van der Waals surface area contributed by atoms with Gasteiger partial charge in [-0.15, -0.1) is 0 Å². The van der Waals surface area contributed by atoms with E-state index in [0.717, 1.165) is 22.3 Å². The van der Waals surface area contributed by atoms with Crippen molar-refractivity contribution in [1.29, 1.82) is 0 Å². The monoisotopic (exact) mass is 337 g/mol. The second kappa shape index (κ2) is 6.12. The van der Waals surface area contributed by atoms with Crippen LogP contribution in [0.4, 0.5) is 5.69 Å². The van der Waals surface area contributed by atoms with Gasteiger partial charge < -0.3 is 19.4 Å². The smallest absolute Gasteiger partial charge is 0.244 e. The topological polar surface area (TPSA) is 65.4 Å². The summed E-state index contributed by atoms with van der Waals surface area (Å²) in [5.74, 6) is 1.29. The number of aryl methyl sites for hydroxylation is 2. The number of nitrogens with zero attached hydrogens (tertiary/aromatic N) is 2. The van der Waals surface area contributed by atoms with Crippen molar-refractivity contribution in [3.8, 4) is 11.5 Å². The van der Waals surface area contributed by atoms with Gasteiger partial charge in [-0.05, 0) is 37.1 Å². The van der Waals surface area contributed by atoms with E-state index in [1.165, 1.54) is 5.56 Å². The molecule has 0 saturated carbocycles. The number of nitrogens with one attached hydrogen (secondary N) is 1. The molecule has 3 aromatic rings. The van der Waals surface area contributed by atoms with Gasteiger partial charge in [-0.1, -0.05) is 6.07 Å². The number of amides is 1. The summed E-state index contributed by atoms with van der Waals surface area (Å²) >= 11 is 0. The number of ether oxygens (including phenoxy) is 2. The van der Waals surface area contributed by atoms with E-state index in [-0.39, 0.29) is 12.5 Å². The van der Waals surface area contributed by atoms with Gasteiger partial charge in [0.05, 0.1) is 17.4 Å². The number of hydrogen-bond donors (Lipinski definition) is 1. The Bertz CT molecular complexity index is 962. The van der Waals surface area contributed by atoms with Gasteiger partial charge in [-0.3, -0.25) is 4.79 Å². The van der Waals surface area contributed by atoms with E-state index < -0.39 is 0 Å². The van der Waals surface area contributed by atoms with Gasteiger partial charge in [-0.2, -0.15) is 0 Å². The molecule has 1 amide bonds. The molecular formula is C19H19N3O3. The van der Waals surface area contributed by atoms with Crippen LogP contribution in [0.25, 0.3) is 11.0 Å². The Morgan fingerprint density at radius 2 is 1.88 bits per heavy atom. The molecule has 0 fully saturated rings. The Kier molecular flexibility index (Phi) is 3.80. The molecule has 0 spiro atoms. The molecule has 4 rings (SSSR count). The number of carbonyl (C=O) groups is 1. The highest BCUT2D eigenvalue weighted by molar-refractivity contribution is 5.92. The summed E-state index contributed by atoms with van der Waals surface area (Å²) in [6, 6.07) is 9.61. The normalized spacial score (nSPS) is 13.0. The zero-order valence-electron chi connectivity index (χ0n) is 14.2. The maximum atomic E-state index is 12.4. The molecule has 0 radical (unpaired) electrons. The van der Waals surface area contributed by atoms with Gasteiger partial charge in [0, 0.05) is 17.8 Å². The molecule has 2 aromatic carbocycles. The van der Waals surface area contributed by atoms with Gasteiger partial charge in [0.25, 0.3) is 0 Å². The lowest BCUT2D eigenvalue weighted by atomic mass is 10.1. The molecule has 0 unspecified atom stereocenters. The molecule has 128 valence electrons. The minimum atomic E-state index is -0.0996. The molecule has 0 bridgehead atoms. The van der Waals surface area contributed by atoms with Crippen LogP contribution in [-0.2, 0) is 11.3 Å². The fraction of sp³-hybridized carbons (Fsp3) is 0.263. The Morgan fingerprint density at radius 1 is 1.12 bits per heavy atom. The van der Waals surface area contributed by atoms with Crippen LogP contribution in [0.3, 0.4) is 0 Å². The third kappa shape index (κ3) is 3.03. The molecule has 1 aromatic heterocycles. The van der Waals surface area contributed by atoms with Gasteiger partial charge in [0.1, 0.15) is 19.8 Å². The Morgan fingerprint density at radius 3 is 2.64 bits per heavy atom. The van der Waals surface area contributed by atoms with Gasteiger partial charge in [-0.25, -0.2) is 4.98 Å². The number of aromatic nitrogens is 2. The first-order chi connectivity index (χ1) is 12.1. The van der Waals surface area contributed by atoms with Crippen molar-refractivity contribution in [2.75, 3.05) is 18.5 Å². The van der Waals surface area contributed by atoms with Crippen molar-refractivity contribution in [1.82, 2.24) is 9.55 Å². The van der Waals surface area contributed by atoms with Crippen molar-refractivity contribution in [3.63, 3.8) is 0 Å². The SMILES string of the molecule is Cc1ccc(NC(=O)Cn2cnc3cc4c(cc32)OCCO4)cc1C. The highest BCUT2D eigenvalue weighted by Crippen LogP contribution is 2.34. The zero-order valence-corrected chi connectivity index (χ0v) is 14.2. The molecule has 6 heteroatoms. The maximum absolute atomic E-state index is 12.4. The van der Waals surface area contributed by atoms with E-state index in [1.807, 2.05) is 48.7 Å². The van der Waals surface area contributed by atoms with Crippen LogP contribution in [-0.4, -0.2) is 28.7 Å². The first-order valence-corrected chi connectivity index (χ1v) is 8.22. The quantitative estimate of drug-likeness (QED) is 0.798. The molecule has 0 aliphatic carbocycles. The molecule has 1 aliphatic rings. The predicted molar refractivity (Wildman–Crippen MR) is 95.3 cm³/mol. The summed E-state index contributed by atoms with van der Waals surface area (Å²) in [7, 11) is 0. The van der Waals surface area contributed by atoms with Crippen LogP contribution in [0, 0.1) is 13.8 Å². The van der Waals surface area contributed by atoms with Crippen LogP contribution >= 0.6 is 0 Å². The number of fused-ring (bicyclic) bond motifs is 2. The summed E-state index contributed by atoms with van der Waals surface area (Å²) < 4.78 is 13.0. The van der Waals surface area contributed by atoms with Gasteiger partial charge in [0.15, 0.2) is 11.5 Å². The number of anilines is 1. The first-order valence-electron chi connectivity index (χ1n) is 8.22. The number of benzene rings is 2. The molecule has 2 heterocycles. The Balaban J connectivity index is 1.55. The fourth-order valence-electron chi connectivity index (χ4n) is 2.90. The number of rotatable bonds is 3. The highest BCUT2D eigenvalue weighted by atomic mass is 16.6. The van der Waals surface area contributed by atoms with Gasteiger partial charge >= 0.3 is 0 Å². The van der Waals surface area contributed by atoms with Crippen molar-refractivity contribution in [3.05, 3.63) is 47.8 Å². The van der Waals surface area contributed by atoms with E-state index in [1.54, 1.807) is 6.33 Å². The van der Waals surface area contributed by atoms with E-state index in [0.29, 0.717) is 24.7 Å². The molecule has 6 nitrogen and oxygen atoms in total. The molecule has 0 atom stereocenters. The minimum Gasteiger partial charge on any atom is -0.486 e. The zero-order chi connectivity index (χ0) is 17.4. The number of carbonyl (C=O) groups excluding carboxylic acids is 1. The fourth-order valence-corrected chi connectivity index (χ4v) is 2.90. The average Bonchev–Trinajstić information content (AvgIpc) is 2.98. The van der Waals surface area contributed by atoms with Crippen molar-refractivity contribution in [2.45, 2.75) is 20.4 Å². The third-order valence-corrected chi connectivity index (χ3v) is 4.39. The summed E-state index contributed by atoms with van der Waals surface area (Å²) in [6.07, 6.45) is 1.66. The largest absolute Gasteiger partial charge is 0.486 e. The van der Waals surface area contributed by atoms with E-state index >= 15 is 0 Å². The van der Waals surface area contributed by atoms with E-state index in [4.69, 9.17) is 9.47 Å². The van der Waals surface area contributed by atoms with Crippen molar-refractivity contribution >= 4 is 22.6 Å². The summed E-state index contributed by atoms with van der Waals surface area (Å²) in [4.78, 5) is 16.8. The van der Waals surface area contributed by atoms with Crippen molar-refractivity contribution in [2.24, 2.45) is 0 Å². The summed E-state index contributed by atoms with van der Waals surface area (Å²) in [5, 5.41) is 2.93. The molecule has 25 heavy (non-hydrogen) atoms. The third-order valence-electron chi connectivity index (χ3n) is 4.39. The second-order valence-corrected chi connectivity index (χ2v) is 6.20. The molecule has 0 saturated heterocycles. The lowest BCUT2D eigenvalue weighted by Gasteiger charge is -2.18. The van der Waals surface area contributed by atoms with Crippen LogP contribution in [0.5, 0.6) is 11.5 Å². The predicted octanol–water partition coefficient (Wildman–Crippen LogP) is 3.06. The first kappa shape index (κ1) is 15.5. The maximum Gasteiger partial charge on any atom is 0.244 e. The molecule has 1 N–H and O–H groups in total. The number of hydrogen-bond acceptors (Lipinski definition) is 4. The van der Waals surface area contributed by atoms with Gasteiger partial charge in [0.2, 0.25) is 5.91 Å². The molecular weight excluding hydrogens is 318 g/mol. The van der Waals surface area contributed by atoms with Crippen LogP contribution in [0.2, 0.25) is 0 Å². The van der Waals surface area contributed by atoms with Crippen LogP contribution < -0.4 is 14.8 Å². The highest BCUT2D eigenvalue weighted by Gasteiger charge is 2.16. The lowest BCUT2D eigenvalue weighted by Crippen LogP contribution is -2.18. The second-order valence-electron chi connectivity index (χ2n) is 6.20. The Hall–Kier alpha value is -3.02. The Labute approximate surface area is 145 Å². The minimum absolute atomic E-state index is 0.0996. The van der Waals surface area contributed by atoms with Crippen molar-refractivity contribution < 1.29 is 14.3 Å². The summed E-state index contributed by atoms with van der Waals surface area (Å²) in [5.41, 5.74) is 4.77. The van der Waals surface area contributed by atoms with Crippen LogP contribution in [0.15, 0.2) is 36.7 Å². The van der Waals surface area contributed by atoms with E-state index in [2.05, 4.69) is 10.3 Å². The standard InChI is InChI=1S/C19H19N3O3/c1-12-3-4-14(7-13(12)2)21-19(23)10-22-11-20-15-8-17-18(9-16(15)22)25-6-5-24-17/h3-4,7-9,11H,5-6,10H2,1-2H3,(H,21,23). The van der Waals surface area contributed by atoms with E-state index in [9.17, 15) is 4.79 Å². The average molecular weight is 337 g/mol. The lowest BCUT2D eigenvalue weighted by molar-refractivity contribution is -0.116. The van der Waals surface area contributed by atoms with Crippen LogP contribution in [0.1, 0.15) is 11.1 Å². The number of imidazole rings is 1.